The van der Waals surface area contributed by atoms with E-state index in [0.717, 1.165) is 16.3 Å². The summed E-state index contributed by atoms with van der Waals surface area (Å²) in [5.41, 5.74) is 1.08. The van der Waals surface area contributed by atoms with Crippen LogP contribution in [0.2, 0.25) is 5.02 Å². The molecule has 0 unspecified atom stereocenters. The molecule has 0 aliphatic rings. The van der Waals surface area contributed by atoms with Gasteiger partial charge in [0.2, 0.25) is 11.8 Å². The number of nitrogens with zero attached hydrogens (tertiary/aromatic N) is 2. The second kappa shape index (κ2) is 14.2. The number of carbonyl (C=O) groups excluding carboxylic acids is 2. The van der Waals surface area contributed by atoms with Crippen molar-refractivity contribution in [3.05, 3.63) is 89.4 Å². The van der Waals surface area contributed by atoms with E-state index < -0.39 is 28.5 Å². The predicted molar refractivity (Wildman–Crippen MR) is 158 cm³/mol. The molecule has 0 bridgehead atoms. The standard InChI is InChI=1S/C30H36ClN3O5S/c1-5-22(3)32-30(36)23(4)33(20-24-12-14-25(31)15-13-24)29(35)21-34(26-10-8-7-9-11-26)40(37,38)28-18-16-27(17-19-28)39-6-2/h7-19,22-23H,5-6,20-21H2,1-4H3,(H,32,36)/t22-,23+/m0/s1. The number of para-hydroxylation sites is 1. The van der Waals surface area contributed by atoms with E-state index in [0.29, 0.717) is 23.1 Å². The maximum absolute atomic E-state index is 13.9. The van der Waals surface area contributed by atoms with Gasteiger partial charge in [0.25, 0.3) is 10.0 Å². The molecule has 10 heteroatoms. The van der Waals surface area contributed by atoms with Crippen molar-refractivity contribution in [2.24, 2.45) is 0 Å². The Balaban J connectivity index is 1.98. The maximum Gasteiger partial charge on any atom is 0.264 e. The van der Waals surface area contributed by atoms with E-state index in [9.17, 15) is 18.0 Å². The molecule has 0 saturated carbocycles. The average molecular weight is 586 g/mol. The molecule has 0 aliphatic heterocycles. The molecular weight excluding hydrogens is 550 g/mol. The van der Waals surface area contributed by atoms with Crippen LogP contribution in [-0.2, 0) is 26.2 Å². The molecule has 0 radical (unpaired) electrons. The van der Waals surface area contributed by atoms with Gasteiger partial charge in [0.15, 0.2) is 0 Å². The highest BCUT2D eigenvalue weighted by molar-refractivity contribution is 7.92. The molecule has 0 saturated heterocycles. The highest BCUT2D eigenvalue weighted by Crippen LogP contribution is 2.26. The summed E-state index contributed by atoms with van der Waals surface area (Å²) in [5, 5.41) is 3.46. The zero-order valence-electron chi connectivity index (χ0n) is 23.2. The summed E-state index contributed by atoms with van der Waals surface area (Å²) in [6.45, 7) is 7.35. The van der Waals surface area contributed by atoms with Crippen LogP contribution in [-0.4, -0.2) is 50.4 Å². The first-order chi connectivity index (χ1) is 19.1. The maximum atomic E-state index is 13.9. The normalized spacial score (nSPS) is 12.7. The van der Waals surface area contributed by atoms with E-state index in [1.165, 1.54) is 17.0 Å². The Bertz CT molecular complexity index is 1370. The second-order valence-electron chi connectivity index (χ2n) is 9.39. The Morgan fingerprint density at radius 3 is 2.12 bits per heavy atom. The molecule has 0 aliphatic carbocycles. The molecule has 0 fully saturated rings. The lowest BCUT2D eigenvalue weighted by molar-refractivity contribution is -0.139. The van der Waals surface area contributed by atoms with Gasteiger partial charge in [-0.2, -0.15) is 0 Å². The van der Waals surface area contributed by atoms with Crippen LogP contribution in [0.4, 0.5) is 5.69 Å². The molecule has 8 nitrogen and oxygen atoms in total. The van der Waals surface area contributed by atoms with Crippen LogP contribution >= 0.6 is 11.6 Å². The first kappa shape index (κ1) is 31.0. The van der Waals surface area contributed by atoms with Gasteiger partial charge in [0, 0.05) is 17.6 Å². The van der Waals surface area contributed by atoms with Crippen LogP contribution in [0.1, 0.15) is 39.7 Å². The number of rotatable bonds is 13. The SMILES string of the molecule is CCOc1ccc(S(=O)(=O)N(CC(=O)N(Cc2ccc(Cl)cc2)[C@H](C)C(=O)N[C@@H](C)CC)c2ccccc2)cc1. The molecule has 0 heterocycles. The number of ether oxygens (including phenoxy) is 1. The molecule has 40 heavy (non-hydrogen) atoms. The van der Waals surface area contributed by atoms with Gasteiger partial charge < -0.3 is 15.0 Å². The molecular formula is C30H36ClN3O5S. The van der Waals surface area contributed by atoms with Gasteiger partial charge in [0.05, 0.1) is 17.2 Å². The van der Waals surface area contributed by atoms with Gasteiger partial charge in [-0.05, 0) is 81.3 Å². The number of anilines is 1. The van der Waals surface area contributed by atoms with E-state index in [4.69, 9.17) is 16.3 Å². The lowest BCUT2D eigenvalue weighted by Gasteiger charge is -2.32. The summed E-state index contributed by atoms with van der Waals surface area (Å²) >= 11 is 6.04. The molecule has 3 aromatic rings. The second-order valence-corrected chi connectivity index (χ2v) is 11.7. The van der Waals surface area contributed by atoms with Crippen molar-refractivity contribution in [1.82, 2.24) is 10.2 Å². The Hall–Kier alpha value is -3.56. The van der Waals surface area contributed by atoms with Crippen molar-refractivity contribution in [2.45, 2.75) is 57.6 Å². The van der Waals surface area contributed by atoms with E-state index in [-0.39, 0.29) is 23.4 Å². The summed E-state index contributed by atoms with van der Waals surface area (Å²) in [4.78, 5) is 28.4. The third kappa shape index (κ3) is 7.99. The van der Waals surface area contributed by atoms with Crippen molar-refractivity contribution in [3.8, 4) is 5.75 Å². The number of hydrogen-bond donors (Lipinski definition) is 1. The molecule has 2 amide bonds. The highest BCUT2D eigenvalue weighted by atomic mass is 35.5. The molecule has 214 valence electrons. The summed E-state index contributed by atoms with van der Waals surface area (Å²) in [5.74, 6) is -0.309. The lowest BCUT2D eigenvalue weighted by Crippen LogP contribution is -2.52. The Morgan fingerprint density at radius 1 is 0.925 bits per heavy atom. The van der Waals surface area contributed by atoms with Crippen molar-refractivity contribution in [3.63, 3.8) is 0 Å². The number of sulfonamides is 1. The summed E-state index contributed by atoms with van der Waals surface area (Å²) < 4.78 is 34.2. The zero-order chi connectivity index (χ0) is 29.3. The average Bonchev–Trinajstić information content (AvgIpc) is 2.95. The van der Waals surface area contributed by atoms with Crippen LogP contribution in [0.5, 0.6) is 5.75 Å². The van der Waals surface area contributed by atoms with E-state index in [2.05, 4.69) is 5.32 Å². The largest absolute Gasteiger partial charge is 0.494 e. The lowest BCUT2D eigenvalue weighted by atomic mass is 10.1. The quantitative estimate of drug-likeness (QED) is 0.295. The number of nitrogens with one attached hydrogen (secondary N) is 1. The van der Waals surface area contributed by atoms with Gasteiger partial charge in [-0.15, -0.1) is 0 Å². The Morgan fingerprint density at radius 2 is 1.55 bits per heavy atom. The third-order valence-corrected chi connectivity index (χ3v) is 8.52. The number of amides is 2. The van der Waals surface area contributed by atoms with Crippen molar-refractivity contribution in [2.75, 3.05) is 17.5 Å². The van der Waals surface area contributed by atoms with Gasteiger partial charge in [-0.1, -0.05) is 48.9 Å². The first-order valence-corrected chi connectivity index (χ1v) is 15.0. The molecule has 1 N–H and O–H groups in total. The summed E-state index contributed by atoms with van der Waals surface area (Å²) in [7, 11) is -4.15. The predicted octanol–water partition coefficient (Wildman–Crippen LogP) is 5.27. The third-order valence-electron chi connectivity index (χ3n) is 6.48. The van der Waals surface area contributed by atoms with E-state index in [1.807, 2.05) is 20.8 Å². The van der Waals surface area contributed by atoms with Crippen LogP contribution in [0.15, 0.2) is 83.8 Å². The van der Waals surface area contributed by atoms with Crippen LogP contribution in [0.3, 0.4) is 0 Å². The summed E-state index contributed by atoms with van der Waals surface area (Å²) in [6.07, 6.45) is 0.728. The van der Waals surface area contributed by atoms with Crippen molar-refractivity contribution < 1.29 is 22.7 Å². The molecule has 3 rings (SSSR count). The minimum absolute atomic E-state index is 0.0134. The molecule has 3 aromatic carbocycles. The van der Waals surface area contributed by atoms with Gasteiger partial charge >= 0.3 is 0 Å². The number of halogens is 1. The van der Waals surface area contributed by atoms with Gasteiger partial charge in [-0.3, -0.25) is 13.9 Å². The zero-order valence-corrected chi connectivity index (χ0v) is 24.8. The van der Waals surface area contributed by atoms with Crippen molar-refractivity contribution >= 4 is 39.1 Å². The van der Waals surface area contributed by atoms with Gasteiger partial charge in [-0.25, -0.2) is 8.42 Å². The molecule has 0 spiro atoms. The Labute approximate surface area is 241 Å². The minimum atomic E-state index is -4.15. The minimum Gasteiger partial charge on any atom is -0.494 e. The summed E-state index contributed by atoms with van der Waals surface area (Å²) in [6, 6.07) is 20.5. The van der Waals surface area contributed by atoms with Crippen molar-refractivity contribution in [1.29, 1.82) is 0 Å². The fraction of sp³-hybridized carbons (Fsp3) is 0.333. The number of hydrogen-bond acceptors (Lipinski definition) is 5. The fourth-order valence-electron chi connectivity index (χ4n) is 3.96. The van der Waals surface area contributed by atoms with E-state index in [1.54, 1.807) is 73.7 Å². The molecule has 2 atom stereocenters. The fourth-order valence-corrected chi connectivity index (χ4v) is 5.50. The number of benzene rings is 3. The monoisotopic (exact) mass is 585 g/mol. The van der Waals surface area contributed by atoms with Crippen LogP contribution in [0, 0.1) is 0 Å². The smallest absolute Gasteiger partial charge is 0.264 e. The first-order valence-electron chi connectivity index (χ1n) is 13.2. The van der Waals surface area contributed by atoms with Crippen LogP contribution < -0.4 is 14.4 Å². The van der Waals surface area contributed by atoms with E-state index >= 15 is 0 Å². The van der Waals surface area contributed by atoms with Crippen LogP contribution in [0.25, 0.3) is 0 Å². The Kier molecular flexibility index (Phi) is 11.0. The highest BCUT2D eigenvalue weighted by Gasteiger charge is 2.32. The van der Waals surface area contributed by atoms with Gasteiger partial charge in [0.1, 0.15) is 18.3 Å². The topological polar surface area (TPSA) is 96.0 Å². The number of carbonyl (C=O) groups is 2. The molecule has 0 aromatic heterocycles.